The molecule has 3 aromatic heterocycles. The fourth-order valence-corrected chi connectivity index (χ4v) is 4.32. The third kappa shape index (κ3) is 3.54. The summed E-state index contributed by atoms with van der Waals surface area (Å²) in [5, 5.41) is 6.46. The van der Waals surface area contributed by atoms with Gasteiger partial charge in [-0.05, 0) is 31.3 Å². The molecule has 0 spiro atoms. The molecule has 0 N–H and O–H groups in total. The van der Waals surface area contributed by atoms with E-state index in [0.717, 1.165) is 24.0 Å². The first kappa shape index (κ1) is 22.3. The Bertz CT molecular complexity index is 1370. The number of pyridine rings is 1. The highest BCUT2D eigenvalue weighted by Crippen LogP contribution is 2.31. The molecule has 32 heavy (non-hydrogen) atoms. The zero-order valence-corrected chi connectivity index (χ0v) is 19.2. The zero-order chi connectivity index (χ0) is 21.7. The maximum absolute atomic E-state index is 13.6. The SMILES string of the molecule is CN1CCN(C(=O)c2nn(-c3cccnc3)c(=O)c3c2c2ccc(Cl)cc2n3C)CC1.Cl. The van der Waals surface area contributed by atoms with Crippen LogP contribution in [0.15, 0.2) is 47.5 Å². The highest BCUT2D eigenvalue weighted by Gasteiger charge is 2.28. The monoisotopic (exact) mass is 472 g/mol. The Labute approximate surface area is 195 Å². The van der Waals surface area contributed by atoms with Crippen molar-refractivity contribution in [1.82, 2.24) is 29.1 Å². The fraction of sp³-hybridized carbons (Fsp3) is 0.273. The smallest absolute Gasteiger partial charge is 0.296 e. The minimum absolute atomic E-state index is 0. The fourth-order valence-electron chi connectivity index (χ4n) is 4.16. The van der Waals surface area contributed by atoms with Gasteiger partial charge in [0, 0.05) is 55.2 Å². The molecular formula is C22H22Cl2N6O2. The second kappa shape index (κ2) is 8.54. The van der Waals surface area contributed by atoms with Crippen LogP contribution in [0.1, 0.15) is 10.5 Å². The number of carbonyl (C=O) groups is 1. The van der Waals surface area contributed by atoms with Crippen LogP contribution >= 0.6 is 24.0 Å². The van der Waals surface area contributed by atoms with Crippen LogP contribution in [-0.2, 0) is 7.05 Å². The Morgan fingerprint density at radius 2 is 1.84 bits per heavy atom. The van der Waals surface area contributed by atoms with Gasteiger partial charge in [-0.2, -0.15) is 9.78 Å². The van der Waals surface area contributed by atoms with Crippen LogP contribution in [0.2, 0.25) is 5.02 Å². The average molecular weight is 473 g/mol. The van der Waals surface area contributed by atoms with Gasteiger partial charge in [0.25, 0.3) is 11.5 Å². The number of halogens is 2. The minimum atomic E-state index is -0.312. The Hall–Kier alpha value is -2.94. The number of hydrogen-bond acceptors (Lipinski definition) is 5. The lowest BCUT2D eigenvalue weighted by Gasteiger charge is -2.32. The molecule has 4 heterocycles. The van der Waals surface area contributed by atoms with Crippen molar-refractivity contribution in [3.63, 3.8) is 0 Å². The van der Waals surface area contributed by atoms with Gasteiger partial charge in [0.15, 0.2) is 5.69 Å². The highest BCUT2D eigenvalue weighted by atomic mass is 35.5. The Morgan fingerprint density at radius 3 is 2.53 bits per heavy atom. The average Bonchev–Trinajstić information content (AvgIpc) is 3.07. The maximum atomic E-state index is 13.6. The van der Waals surface area contributed by atoms with Crippen LogP contribution in [-0.4, -0.2) is 68.3 Å². The van der Waals surface area contributed by atoms with Crippen LogP contribution in [0, 0.1) is 0 Å². The number of fused-ring (bicyclic) bond motifs is 3. The largest absolute Gasteiger partial charge is 0.339 e. The first-order chi connectivity index (χ1) is 15.0. The molecule has 1 fully saturated rings. The van der Waals surface area contributed by atoms with Gasteiger partial charge < -0.3 is 14.4 Å². The lowest BCUT2D eigenvalue weighted by atomic mass is 10.1. The molecule has 0 unspecified atom stereocenters. The number of piperazine rings is 1. The summed E-state index contributed by atoms with van der Waals surface area (Å²) in [5.41, 5.74) is 1.64. The summed E-state index contributed by atoms with van der Waals surface area (Å²) in [6.45, 7) is 2.81. The molecule has 0 bridgehead atoms. The van der Waals surface area contributed by atoms with Gasteiger partial charge in [0.1, 0.15) is 5.52 Å². The number of aryl methyl sites for hydroxylation is 1. The van der Waals surface area contributed by atoms with Crippen LogP contribution in [0.4, 0.5) is 0 Å². The van der Waals surface area contributed by atoms with E-state index in [1.54, 1.807) is 53.2 Å². The number of amides is 1. The van der Waals surface area contributed by atoms with Crippen molar-refractivity contribution < 1.29 is 4.79 Å². The number of benzene rings is 1. The minimum Gasteiger partial charge on any atom is -0.339 e. The number of carbonyl (C=O) groups excluding carboxylic acids is 1. The number of likely N-dealkylation sites (N-methyl/N-ethyl adjacent to an activating group) is 1. The number of nitrogens with zero attached hydrogens (tertiary/aromatic N) is 6. The molecule has 1 saturated heterocycles. The quantitative estimate of drug-likeness (QED) is 0.448. The first-order valence-corrected chi connectivity index (χ1v) is 10.4. The van der Waals surface area contributed by atoms with Gasteiger partial charge in [0.05, 0.1) is 17.4 Å². The van der Waals surface area contributed by atoms with Crippen molar-refractivity contribution >= 4 is 51.7 Å². The summed E-state index contributed by atoms with van der Waals surface area (Å²) in [7, 11) is 3.84. The Morgan fingerprint density at radius 1 is 1.09 bits per heavy atom. The molecule has 4 aromatic rings. The van der Waals surface area contributed by atoms with Crippen LogP contribution in [0.5, 0.6) is 0 Å². The maximum Gasteiger partial charge on any atom is 0.296 e. The van der Waals surface area contributed by atoms with Crippen molar-refractivity contribution in [1.29, 1.82) is 0 Å². The van der Waals surface area contributed by atoms with Gasteiger partial charge in [-0.3, -0.25) is 14.6 Å². The predicted molar refractivity (Wildman–Crippen MR) is 127 cm³/mol. The molecule has 0 atom stereocenters. The van der Waals surface area contributed by atoms with Crippen molar-refractivity contribution in [3.8, 4) is 5.69 Å². The molecule has 0 saturated carbocycles. The summed E-state index contributed by atoms with van der Waals surface area (Å²) in [6.07, 6.45) is 3.19. The van der Waals surface area contributed by atoms with Gasteiger partial charge in [-0.15, -0.1) is 12.4 Å². The van der Waals surface area contributed by atoms with Crippen LogP contribution in [0.25, 0.3) is 27.5 Å². The topological polar surface area (TPSA) is 76.3 Å². The van der Waals surface area contributed by atoms with Gasteiger partial charge in [0.2, 0.25) is 0 Å². The molecule has 1 aliphatic heterocycles. The highest BCUT2D eigenvalue weighted by molar-refractivity contribution is 6.31. The standard InChI is InChI=1S/C22H21ClN6O2.ClH/c1-26-8-10-28(11-9-26)21(30)19-18-16-6-5-14(23)12-17(16)27(2)20(18)22(31)29(25-19)15-4-3-7-24-13-15;/h3-7,12-13H,8-11H2,1-2H3;1H. The number of rotatable bonds is 2. The van der Waals surface area contributed by atoms with E-state index >= 15 is 0 Å². The van der Waals surface area contributed by atoms with Gasteiger partial charge >= 0.3 is 0 Å². The molecule has 0 radical (unpaired) electrons. The number of hydrogen-bond donors (Lipinski definition) is 0. The normalized spacial score (nSPS) is 14.7. The molecule has 1 amide bonds. The molecule has 1 aliphatic rings. The summed E-state index contributed by atoms with van der Waals surface area (Å²) < 4.78 is 3.05. The van der Waals surface area contributed by atoms with E-state index < -0.39 is 0 Å². The van der Waals surface area contributed by atoms with Crippen LogP contribution in [0.3, 0.4) is 0 Å². The molecule has 166 valence electrons. The van der Waals surface area contributed by atoms with E-state index in [9.17, 15) is 9.59 Å². The molecule has 8 nitrogen and oxygen atoms in total. The Balaban J connectivity index is 0.00000245. The molecule has 5 rings (SSSR count). The summed E-state index contributed by atoms with van der Waals surface area (Å²) in [4.78, 5) is 35.2. The molecule has 1 aromatic carbocycles. The molecule has 0 aliphatic carbocycles. The van der Waals surface area contributed by atoms with Gasteiger partial charge in [-0.1, -0.05) is 17.7 Å². The summed E-state index contributed by atoms with van der Waals surface area (Å²) >= 11 is 6.22. The lowest BCUT2D eigenvalue weighted by Crippen LogP contribution is -2.47. The van der Waals surface area contributed by atoms with E-state index in [-0.39, 0.29) is 29.6 Å². The van der Waals surface area contributed by atoms with Crippen molar-refractivity contribution in [3.05, 3.63) is 63.8 Å². The van der Waals surface area contributed by atoms with Crippen molar-refractivity contribution in [2.45, 2.75) is 0 Å². The van der Waals surface area contributed by atoms with Crippen molar-refractivity contribution in [2.24, 2.45) is 7.05 Å². The zero-order valence-electron chi connectivity index (χ0n) is 17.7. The van der Waals surface area contributed by atoms with E-state index in [2.05, 4.69) is 15.0 Å². The van der Waals surface area contributed by atoms with Gasteiger partial charge in [-0.25, -0.2) is 0 Å². The van der Waals surface area contributed by atoms with Crippen molar-refractivity contribution in [2.75, 3.05) is 33.2 Å². The lowest BCUT2D eigenvalue weighted by molar-refractivity contribution is 0.0658. The number of aromatic nitrogens is 4. The van der Waals surface area contributed by atoms with Crippen LogP contribution < -0.4 is 5.56 Å². The second-order valence-electron chi connectivity index (χ2n) is 7.82. The molecule has 10 heteroatoms. The summed E-state index contributed by atoms with van der Waals surface area (Å²) in [6, 6.07) is 8.89. The van der Waals surface area contributed by atoms with E-state index in [1.165, 1.54) is 4.68 Å². The molecular weight excluding hydrogens is 451 g/mol. The third-order valence-corrected chi connectivity index (χ3v) is 6.11. The van der Waals surface area contributed by atoms with E-state index in [4.69, 9.17) is 11.6 Å². The predicted octanol–water partition coefficient (Wildman–Crippen LogP) is 2.74. The van der Waals surface area contributed by atoms with E-state index in [1.807, 2.05) is 13.1 Å². The summed E-state index contributed by atoms with van der Waals surface area (Å²) in [5.74, 6) is -0.182. The van der Waals surface area contributed by atoms with E-state index in [0.29, 0.717) is 34.7 Å². The second-order valence-corrected chi connectivity index (χ2v) is 8.25. The third-order valence-electron chi connectivity index (χ3n) is 5.88. The first-order valence-electron chi connectivity index (χ1n) is 10.0. The Kier molecular flexibility index (Phi) is 5.94.